The number of nitrogens with zero attached hydrogens (tertiary/aromatic N) is 3. The number of aromatic nitrogens is 2. The molecule has 3 aromatic rings. The zero-order valence-corrected chi connectivity index (χ0v) is 15.7. The highest BCUT2D eigenvalue weighted by atomic mass is 35.5. The normalized spacial score (nSPS) is 11.1. The third-order valence-corrected chi connectivity index (χ3v) is 4.14. The summed E-state index contributed by atoms with van der Waals surface area (Å²) in [4.78, 5) is 29.2. The van der Waals surface area contributed by atoms with E-state index in [9.17, 15) is 14.9 Å². The first-order chi connectivity index (χ1) is 13.4. The van der Waals surface area contributed by atoms with E-state index in [0.717, 1.165) is 18.7 Å². The van der Waals surface area contributed by atoms with Gasteiger partial charge >= 0.3 is 5.97 Å². The molecule has 0 atom stereocenters. The molecule has 0 saturated carbocycles. The Hall–Kier alpha value is -3.63. The van der Waals surface area contributed by atoms with Crippen LogP contribution >= 0.6 is 11.6 Å². The fraction of sp³-hybridized carbons (Fsp3) is 0.100. The van der Waals surface area contributed by atoms with Crippen LogP contribution in [0, 0.1) is 18.3 Å². The molecule has 140 valence electrons. The van der Waals surface area contributed by atoms with E-state index in [0.29, 0.717) is 16.4 Å². The molecule has 0 spiro atoms. The lowest BCUT2D eigenvalue weighted by molar-refractivity contribution is -0.135. The summed E-state index contributed by atoms with van der Waals surface area (Å²) in [5.74, 6) is -0.521. The van der Waals surface area contributed by atoms with Gasteiger partial charge < -0.3 is 9.47 Å². The second-order valence-electron chi connectivity index (χ2n) is 5.74. The molecular formula is C20H14ClN3O4. The quantitative estimate of drug-likeness (QED) is 0.381. The van der Waals surface area contributed by atoms with Crippen LogP contribution < -0.4 is 10.3 Å². The van der Waals surface area contributed by atoms with Gasteiger partial charge in [-0.05, 0) is 48.9 Å². The number of halogens is 1. The Kier molecular flexibility index (Phi) is 5.43. The third kappa shape index (κ3) is 3.72. The van der Waals surface area contributed by atoms with Gasteiger partial charge in [-0.2, -0.15) is 10.2 Å². The summed E-state index contributed by atoms with van der Waals surface area (Å²) in [5.41, 5.74) is 0.249. The Morgan fingerprint density at radius 1 is 1.29 bits per heavy atom. The summed E-state index contributed by atoms with van der Waals surface area (Å²) in [5, 5.41) is 9.77. The van der Waals surface area contributed by atoms with Gasteiger partial charge in [0.25, 0.3) is 5.56 Å². The van der Waals surface area contributed by atoms with Crippen LogP contribution in [-0.2, 0) is 9.53 Å². The van der Waals surface area contributed by atoms with Crippen molar-refractivity contribution < 1.29 is 14.3 Å². The van der Waals surface area contributed by atoms with Crippen molar-refractivity contribution in [3.63, 3.8) is 0 Å². The van der Waals surface area contributed by atoms with Gasteiger partial charge in [-0.15, -0.1) is 0 Å². The minimum Gasteiger partial charge on any atom is -0.465 e. The number of benzene rings is 1. The van der Waals surface area contributed by atoms with Crippen LogP contribution in [0.15, 0.2) is 53.0 Å². The Morgan fingerprint density at radius 3 is 2.64 bits per heavy atom. The number of aryl methyl sites for hydroxylation is 1. The molecule has 2 heterocycles. The third-order valence-electron chi connectivity index (χ3n) is 3.89. The number of methoxy groups -OCH3 is 1. The summed E-state index contributed by atoms with van der Waals surface area (Å²) in [6.45, 7) is 1.80. The number of pyridine rings is 1. The predicted octanol–water partition coefficient (Wildman–Crippen LogP) is 3.53. The maximum Gasteiger partial charge on any atom is 0.348 e. The van der Waals surface area contributed by atoms with E-state index in [-0.39, 0.29) is 17.0 Å². The standard InChI is InChI=1S/C20H14ClN3O4/c1-12-4-3-9-24-17(12)23-18(28-15-7-5-14(21)6-8-15)16(19(24)25)10-13(11-22)20(26)27-2/h3-10H,1-2H3/b13-10+. The number of carbonyl (C=O) groups excluding carboxylic acids is 1. The van der Waals surface area contributed by atoms with Crippen molar-refractivity contribution in [3.8, 4) is 17.7 Å². The highest BCUT2D eigenvalue weighted by Gasteiger charge is 2.18. The summed E-state index contributed by atoms with van der Waals surface area (Å²) >= 11 is 5.89. The van der Waals surface area contributed by atoms with Crippen molar-refractivity contribution in [2.45, 2.75) is 6.92 Å². The van der Waals surface area contributed by atoms with Crippen molar-refractivity contribution in [2.75, 3.05) is 7.11 Å². The molecule has 0 amide bonds. The lowest BCUT2D eigenvalue weighted by Gasteiger charge is -2.11. The Bertz CT molecular complexity index is 1190. The van der Waals surface area contributed by atoms with Gasteiger partial charge in [-0.3, -0.25) is 9.20 Å². The molecule has 0 N–H and O–H groups in total. The van der Waals surface area contributed by atoms with E-state index >= 15 is 0 Å². The number of hydrogen-bond donors (Lipinski definition) is 0. The minimum atomic E-state index is -0.867. The van der Waals surface area contributed by atoms with E-state index in [4.69, 9.17) is 16.3 Å². The van der Waals surface area contributed by atoms with Gasteiger partial charge in [0.05, 0.1) is 7.11 Å². The molecule has 0 aliphatic carbocycles. The predicted molar refractivity (Wildman–Crippen MR) is 103 cm³/mol. The molecule has 3 rings (SSSR count). The molecule has 0 aliphatic rings. The average molecular weight is 396 g/mol. The van der Waals surface area contributed by atoms with E-state index in [1.54, 1.807) is 55.6 Å². The lowest BCUT2D eigenvalue weighted by atomic mass is 10.2. The molecular weight excluding hydrogens is 382 g/mol. The fourth-order valence-electron chi connectivity index (χ4n) is 2.50. The van der Waals surface area contributed by atoms with Gasteiger partial charge in [-0.25, -0.2) is 4.79 Å². The zero-order valence-electron chi connectivity index (χ0n) is 15.0. The van der Waals surface area contributed by atoms with Crippen LogP contribution in [-0.4, -0.2) is 22.5 Å². The molecule has 0 fully saturated rings. The first-order valence-corrected chi connectivity index (χ1v) is 8.48. The number of fused-ring (bicyclic) bond motifs is 1. The molecule has 28 heavy (non-hydrogen) atoms. The minimum absolute atomic E-state index is 0.0433. The molecule has 7 nitrogen and oxygen atoms in total. The summed E-state index contributed by atoms with van der Waals surface area (Å²) in [6.07, 6.45) is 2.66. The molecule has 0 bridgehead atoms. The van der Waals surface area contributed by atoms with Crippen molar-refractivity contribution in [1.29, 1.82) is 5.26 Å². The van der Waals surface area contributed by atoms with Crippen LogP contribution in [0.25, 0.3) is 11.7 Å². The van der Waals surface area contributed by atoms with Crippen LogP contribution in [0.2, 0.25) is 5.02 Å². The summed E-state index contributed by atoms with van der Waals surface area (Å²) < 4.78 is 11.7. The number of ether oxygens (including phenoxy) is 2. The van der Waals surface area contributed by atoms with Crippen LogP contribution in [0.4, 0.5) is 0 Å². The lowest BCUT2D eigenvalue weighted by Crippen LogP contribution is -2.20. The first-order valence-electron chi connectivity index (χ1n) is 8.10. The zero-order chi connectivity index (χ0) is 20.3. The largest absolute Gasteiger partial charge is 0.465 e. The van der Waals surface area contributed by atoms with Crippen molar-refractivity contribution in [2.24, 2.45) is 0 Å². The molecule has 0 aliphatic heterocycles. The Balaban J connectivity index is 2.27. The SMILES string of the molecule is COC(=O)/C(C#N)=C/c1c(Oc2ccc(Cl)cc2)nc2c(C)cccn2c1=O. The van der Waals surface area contributed by atoms with Gasteiger partial charge in [-0.1, -0.05) is 17.7 Å². The van der Waals surface area contributed by atoms with Gasteiger partial charge in [0, 0.05) is 11.2 Å². The van der Waals surface area contributed by atoms with Gasteiger partial charge in [0.2, 0.25) is 5.88 Å². The monoisotopic (exact) mass is 395 g/mol. The highest BCUT2D eigenvalue weighted by Crippen LogP contribution is 2.26. The number of esters is 1. The van der Waals surface area contributed by atoms with Crippen molar-refractivity contribution >= 4 is 29.3 Å². The van der Waals surface area contributed by atoms with Crippen molar-refractivity contribution in [1.82, 2.24) is 9.38 Å². The maximum absolute atomic E-state index is 13.0. The average Bonchev–Trinajstić information content (AvgIpc) is 2.70. The van der Waals surface area contributed by atoms with Gasteiger partial charge in [0.1, 0.15) is 28.6 Å². The fourth-order valence-corrected chi connectivity index (χ4v) is 2.62. The second-order valence-corrected chi connectivity index (χ2v) is 6.17. The maximum atomic E-state index is 13.0. The van der Waals surface area contributed by atoms with E-state index in [1.165, 1.54) is 4.40 Å². The second kappa shape index (κ2) is 7.94. The number of hydrogen-bond acceptors (Lipinski definition) is 6. The topological polar surface area (TPSA) is 93.7 Å². The van der Waals surface area contributed by atoms with Crippen LogP contribution in [0.1, 0.15) is 11.1 Å². The molecule has 2 aromatic heterocycles. The van der Waals surface area contributed by atoms with Gasteiger partial charge in [0.15, 0.2) is 0 Å². The summed E-state index contributed by atoms with van der Waals surface area (Å²) in [7, 11) is 1.15. The Morgan fingerprint density at radius 2 is 2.00 bits per heavy atom. The number of rotatable bonds is 4. The van der Waals surface area contributed by atoms with E-state index in [2.05, 4.69) is 9.72 Å². The van der Waals surface area contributed by atoms with Crippen molar-refractivity contribution in [3.05, 3.63) is 74.7 Å². The molecule has 1 aromatic carbocycles. The van der Waals surface area contributed by atoms with Crippen LogP contribution in [0.3, 0.4) is 0 Å². The van der Waals surface area contributed by atoms with E-state index < -0.39 is 11.5 Å². The molecule has 0 saturated heterocycles. The number of carbonyl (C=O) groups is 1. The molecule has 0 unspecified atom stereocenters. The molecule has 0 radical (unpaired) electrons. The Labute approximate surface area is 165 Å². The first kappa shape index (κ1) is 19.1. The van der Waals surface area contributed by atoms with Crippen LogP contribution in [0.5, 0.6) is 11.6 Å². The molecule has 8 heteroatoms. The highest BCUT2D eigenvalue weighted by molar-refractivity contribution is 6.30. The smallest absolute Gasteiger partial charge is 0.348 e. The number of nitriles is 1. The summed E-state index contributed by atoms with van der Waals surface area (Å²) in [6, 6.07) is 11.7. The van der Waals surface area contributed by atoms with E-state index in [1.807, 2.05) is 0 Å².